The molecule has 1 aromatic carbocycles. The fourth-order valence-corrected chi connectivity index (χ4v) is 4.20. The number of hydrogen-bond donors (Lipinski definition) is 1. The highest BCUT2D eigenvalue weighted by atomic mass is 16.5. The van der Waals surface area contributed by atoms with Crippen LogP contribution in [0.25, 0.3) is 0 Å². The summed E-state index contributed by atoms with van der Waals surface area (Å²) < 4.78 is 5.59. The lowest BCUT2D eigenvalue weighted by Gasteiger charge is -2.40. The molecule has 0 aliphatic carbocycles. The van der Waals surface area contributed by atoms with Crippen molar-refractivity contribution in [2.75, 3.05) is 31.6 Å². The molecule has 2 fully saturated rings. The zero-order chi connectivity index (χ0) is 20.2. The lowest BCUT2D eigenvalue weighted by molar-refractivity contribution is -0.131. The molecule has 0 bridgehead atoms. The maximum atomic E-state index is 12.8. The first-order valence-corrected chi connectivity index (χ1v) is 10.3. The minimum Gasteiger partial charge on any atom is -0.380 e. The summed E-state index contributed by atoms with van der Waals surface area (Å²) in [5.41, 5.74) is 2.18. The molecule has 1 unspecified atom stereocenters. The van der Waals surface area contributed by atoms with Gasteiger partial charge < -0.3 is 15.0 Å². The molecule has 3 atom stereocenters. The van der Waals surface area contributed by atoms with Crippen LogP contribution < -0.4 is 10.2 Å². The standard InChI is InChI=1S/C22H29N5O2/c1-16-10-21(25-15-24-16)27-14-19(29-2)11-18(27)12-23-22(28)20-8-9-26(20)13-17-6-4-3-5-7-17/h3-7,10,15,18-20H,8-9,11-14H2,1-2H3,(H,23,28)/t18-,19-,20?/m1/s1. The number of carbonyl (C=O) groups is 1. The maximum Gasteiger partial charge on any atom is 0.237 e. The number of nitrogens with zero attached hydrogens (tertiary/aromatic N) is 4. The number of amides is 1. The number of nitrogens with one attached hydrogen (secondary N) is 1. The van der Waals surface area contributed by atoms with Gasteiger partial charge in [0.1, 0.15) is 12.1 Å². The number of benzene rings is 1. The first-order chi connectivity index (χ1) is 14.1. The average Bonchev–Trinajstić information content (AvgIpc) is 3.14. The Morgan fingerprint density at radius 2 is 2.10 bits per heavy atom. The topological polar surface area (TPSA) is 70.6 Å². The molecule has 1 N–H and O–H groups in total. The van der Waals surface area contributed by atoms with E-state index in [0.717, 1.165) is 44.0 Å². The van der Waals surface area contributed by atoms with Gasteiger partial charge in [-0.3, -0.25) is 9.69 Å². The van der Waals surface area contributed by atoms with Crippen LogP contribution in [0.5, 0.6) is 0 Å². The molecule has 29 heavy (non-hydrogen) atoms. The van der Waals surface area contributed by atoms with Crippen LogP contribution in [0.3, 0.4) is 0 Å². The van der Waals surface area contributed by atoms with Gasteiger partial charge in [0.2, 0.25) is 5.91 Å². The predicted molar refractivity (Wildman–Crippen MR) is 112 cm³/mol. The van der Waals surface area contributed by atoms with Crippen LogP contribution in [0, 0.1) is 6.92 Å². The molecule has 7 nitrogen and oxygen atoms in total. The van der Waals surface area contributed by atoms with Crippen molar-refractivity contribution in [3.05, 3.63) is 54.0 Å². The molecule has 0 saturated carbocycles. The van der Waals surface area contributed by atoms with Crippen molar-refractivity contribution in [1.82, 2.24) is 20.2 Å². The lowest BCUT2D eigenvalue weighted by atomic mass is 10.0. The van der Waals surface area contributed by atoms with E-state index in [0.29, 0.717) is 6.54 Å². The normalized spacial score (nSPS) is 24.3. The summed E-state index contributed by atoms with van der Waals surface area (Å²) in [4.78, 5) is 25.9. The van der Waals surface area contributed by atoms with E-state index in [1.165, 1.54) is 5.56 Å². The molecular weight excluding hydrogens is 366 g/mol. The Morgan fingerprint density at radius 3 is 2.79 bits per heavy atom. The molecule has 2 aliphatic rings. The highest BCUT2D eigenvalue weighted by molar-refractivity contribution is 5.82. The Labute approximate surface area is 172 Å². The van der Waals surface area contributed by atoms with E-state index in [1.54, 1.807) is 13.4 Å². The Bertz CT molecular complexity index is 831. The van der Waals surface area contributed by atoms with Crippen LogP contribution in [-0.2, 0) is 16.1 Å². The van der Waals surface area contributed by atoms with Crippen molar-refractivity contribution in [2.45, 2.75) is 44.5 Å². The quantitative estimate of drug-likeness (QED) is 0.771. The number of rotatable bonds is 7. The summed E-state index contributed by atoms with van der Waals surface area (Å²) in [5.74, 6) is 1.01. The third-order valence-electron chi connectivity index (χ3n) is 5.97. The van der Waals surface area contributed by atoms with Gasteiger partial charge in [-0.05, 0) is 25.3 Å². The fourth-order valence-electron chi connectivity index (χ4n) is 4.20. The van der Waals surface area contributed by atoms with E-state index >= 15 is 0 Å². The van der Waals surface area contributed by atoms with Crippen LogP contribution >= 0.6 is 0 Å². The van der Waals surface area contributed by atoms with Crippen LogP contribution in [0.1, 0.15) is 24.1 Å². The van der Waals surface area contributed by atoms with E-state index in [1.807, 2.05) is 31.2 Å². The van der Waals surface area contributed by atoms with Crippen molar-refractivity contribution in [3.8, 4) is 0 Å². The number of carbonyl (C=O) groups excluding carboxylic acids is 1. The zero-order valence-electron chi connectivity index (χ0n) is 17.1. The Morgan fingerprint density at radius 1 is 1.28 bits per heavy atom. The largest absolute Gasteiger partial charge is 0.380 e. The molecule has 2 saturated heterocycles. The number of hydrogen-bond acceptors (Lipinski definition) is 6. The molecule has 0 radical (unpaired) electrons. The van der Waals surface area contributed by atoms with E-state index in [2.05, 4.69) is 37.2 Å². The molecule has 154 valence electrons. The number of anilines is 1. The van der Waals surface area contributed by atoms with E-state index < -0.39 is 0 Å². The van der Waals surface area contributed by atoms with Crippen molar-refractivity contribution in [2.24, 2.45) is 0 Å². The summed E-state index contributed by atoms with van der Waals surface area (Å²) in [7, 11) is 1.74. The average molecular weight is 396 g/mol. The summed E-state index contributed by atoms with van der Waals surface area (Å²) in [6, 6.07) is 12.4. The Kier molecular flexibility index (Phi) is 6.06. The van der Waals surface area contributed by atoms with E-state index in [9.17, 15) is 4.79 Å². The highest BCUT2D eigenvalue weighted by Gasteiger charge is 2.36. The number of aryl methyl sites for hydroxylation is 1. The predicted octanol–water partition coefficient (Wildman–Crippen LogP) is 1.77. The minimum absolute atomic E-state index is 0.0374. The third kappa shape index (κ3) is 4.57. The number of methoxy groups -OCH3 is 1. The number of likely N-dealkylation sites (tertiary alicyclic amines) is 1. The molecule has 0 spiro atoms. The van der Waals surface area contributed by atoms with Gasteiger partial charge in [0, 0.05) is 45.0 Å². The zero-order valence-corrected chi connectivity index (χ0v) is 17.1. The second kappa shape index (κ2) is 8.88. The molecule has 4 rings (SSSR count). The SMILES string of the molecule is CO[C@@H]1C[C@H](CNC(=O)C2CCN2Cc2ccccc2)N(c2cc(C)ncn2)C1. The Hall–Kier alpha value is -2.51. The smallest absolute Gasteiger partial charge is 0.237 e. The summed E-state index contributed by atoms with van der Waals surface area (Å²) >= 11 is 0. The summed E-state index contributed by atoms with van der Waals surface area (Å²) in [6.07, 6.45) is 3.53. The van der Waals surface area contributed by atoms with Crippen LogP contribution in [-0.4, -0.2) is 65.7 Å². The van der Waals surface area contributed by atoms with Gasteiger partial charge in [-0.2, -0.15) is 0 Å². The van der Waals surface area contributed by atoms with E-state index in [4.69, 9.17) is 4.74 Å². The molecule has 2 aliphatic heterocycles. The highest BCUT2D eigenvalue weighted by Crippen LogP contribution is 2.26. The first kappa shape index (κ1) is 19.8. The van der Waals surface area contributed by atoms with Crippen LogP contribution in [0.4, 0.5) is 5.82 Å². The van der Waals surface area contributed by atoms with Gasteiger partial charge in [-0.15, -0.1) is 0 Å². The summed E-state index contributed by atoms with van der Waals surface area (Å²) in [5, 5.41) is 3.18. The van der Waals surface area contributed by atoms with Gasteiger partial charge >= 0.3 is 0 Å². The lowest BCUT2D eigenvalue weighted by Crippen LogP contribution is -2.56. The number of ether oxygens (including phenoxy) is 1. The third-order valence-corrected chi connectivity index (χ3v) is 5.97. The first-order valence-electron chi connectivity index (χ1n) is 10.3. The monoisotopic (exact) mass is 395 g/mol. The van der Waals surface area contributed by atoms with Gasteiger partial charge in [-0.25, -0.2) is 9.97 Å². The van der Waals surface area contributed by atoms with Gasteiger partial charge in [-0.1, -0.05) is 30.3 Å². The van der Waals surface area contributed by atoms with Crippen molar-refractivity contribution < 1.29 is 9.53 Å². The second-order valence-electron chi connectivity index (χ2n) is 7.92. The van der Waals surface area contributed by atoms with Crippen molar-refractivity contribution in [3.63, 3.8) is 0 Å². The molecule has 7 heteroatoms. The van der Waals surface area contributed by atoms with Gasteiger partial charge in [0.15, 0.2) is 0 Å². The van der Waals surface area contributed by atoms with Crippen LogP contribution in [0.15, 0.2) is 42.7 Å². The van der Waals surface area contributed by atoms with Crippen LogP contribution in [0.2, 0.25) is 0 Å². The van der Waals surface area contributed by atoms with Gasteiger partial charge in [0.25, 0.3) is 0 Å². The molecule has 1 aromatic heterocycles. The fraction of sp³-hybridized carbons (Fsp3) is 0.500. The Balaban J connectivity index is 1.35. The maximum absolute atomic E-state index is 12.8. The van der Waals surface area contributed by atoms with Crippen molar-refractivity contribution >= 4 is 11.7 Å². The molecule has 1 amide bonds. The van der Waals surface area contributed by atoms with Crippen molar-refractivity contribution in [1.29, 1.82) is 0 Å². The molecule has 2 aromatic rings. The minimum atomic E-state index is -0.0374. The number of aromatic nitrogens is 2. The molecular formula is C22H29N5O2. The van der Waals surface area contributed by atoms with Gasteiger partial charge in [0.05, 0.1) is 18.2 Å². The second-order valence-corrected chi connectivity index (χ2v) is 7.92. The summed E-state index contributed by atoms with van der Waals surface area (Å²) in [6.45, 7) is 5.12. The van der Waals surface area contributed by atoms with E-state index in [-0.39, 0.29) is 24.1 Å². The molecule has 3 heterocycles.